The van der Waals surface area contributed by atoms with Gasteiger partial charge < -0.3 is 20.1 Å². The van der Waals surface area contributed by atoms with Gasteiger partial charge in [0.1, 0.15) is 6.61 Å². The zero-order chi connectivity index (χ0) is 21.7. The molecule has 3 aliphatic rings. The summed E-state index contributed by atoms with van der Waals surface area (Å²) in [6, 6.07) is 5.34. The van der Waals surface area contributed by atoms with E-state index in [0.29, 0.717) is 34.1 Å². The quantitative estimate of drug-likeness (QED) is 0.443. The number of carbonyl (C=O) groups excluding carboxylic acids is 1. The summed E-state index contributed by atoms with van der Waals surface area (Å²) >= 11 is 6.35. The van der Waals surface area contributed by atoms with Crippen molar-refractivity contribution in [3.8, 4) is 11.4 Å². The average Bonchev–Trinajstić information content (AvgIpc) is 3.11. The lowest BCUT2D eigenvalue weighted by atomic mass is 9.83. The highest BCUT2D eigenvalue weighted by Gasteiger charge is 2.45. The Morgan fingerprint density at radius 2 is 2.13 bits per heavy atom. The van der Waals surface area contributed by atoms with Crippen LogP contribution in [0.3, 0.4) is 0 Å². The highest BCUT2D eigenvalue weighted by Crippen LogP contribution is 2.44. The Morgan fingerprint density at radius 1 is 1.32 bits per heavy atom. The monoisotopic (exact) mass is 437 g/mol. The maximum atomic E-state index is 13.4. The van der Waals surface area contributed by atoms with Crippen LogP contribution in [0.4, 0.5) is 0 Å². The van der Waals surface area contributed by atoms with Crippen LogP contribution in [0.1, 0.15) is 53.6 Å². The molecule has 31 heavy (non-hydrogen) atoms. The molecule has 158 valence electrons. The standard InChI is InChI=1S/C23H20ClN3O4/c1-2-23(30)14-7-17-20-12(8-27(17)21(28)13(14)9-31-22(23)29)19-15(25)4-3-10-5-11(24)6-16(26-20)18(10)19/h5-7,15,30H,2-4,8-9,25H2,1H3/t15-,23+/m1/s1. The van der Waals surface area contributed by atoms with E-state index in [4.69, 9.17) is 27.1 Å². The summed E-state index contributed by atoms with van der Waals surface area (Å²) < 4.78 is 6.78. The molecule has 1 aliphatic carbocycles. The summed E-state index contributed by atoms with van der Waals surface area (Å²) in [7, 11) is 0. The van der Waals surface area contributed by atoms with Crippen LogP contribution >= 0.6 is 11.6 Å². The van der Waals surface area contributed by atoms with Crippen LogP contribution in [0, 0.1) is 0 Å². The minimum Gasteiger partial charge on any atom is -0.458 e. The second-order valence-electron chi connectivity index (χ2n) is 8.56. The molecule has 6 rings (SSSR count). The lowest BCUT2D eigenvalue weighted by Crippen LogP contribution is -2.44. The van der Waals surface area contributed by atoms with Gasteiger partial charge in [-0.2, -0.15) is 0 Å². The number of rotatable bonds is 1. The molecule has 0 spiro atoms. The van der Waals surface area contributed by atoms with Crippen LogP contribution in [0.25, 0.3) is 22.3 Å². The van der Waals surface area contributed by atoms with Crippen molar-refractivity contribution in [3.63, 3.8) is 0 Å². The van der Waals surface area contributed by atoms with Crippen molar-refractivity contribution in [2.75, 3.05) is 0 Å². The molecular weight excluding hydrogens is 418 g/mol. The van der Waals surface area contributed by atoms with Crippen LogP contribution in [0.15, 0.2) is 23.0 Å². The average molecular weight is 438 g/mol. The van der Waals surface area contributed by atoms with Crippen molar-refractivity contribution in [1.82, 2.24) is 9.55 Å². The second kappa shape index (κ2) is 6.16. The van der Waals surface area contributed by atoms with E-state index in [-0.39, 0.29) is 24.6 Å². The van der Waals surface area contributed by atoms with Crippen molar-refractivity contribution < 1.29 is 14.6 Å². The van der Waals surface area contributed by atoms with E-state index in [1.165, 1.54) is 0 Å². The number of hydrogen-bond acceptors (Lipinski definition) is 6. The van der Waals surface area contributed by atoms with Crippen LogP contribution < -0.4 is 11.3 Å². The molecule has 0 saturated carbocycles. The molecule has 0 bridgehead atoms. The number of nitrogens with two attached hydrogens (primary N) is 1. The molecule has 3 aromatic rings. The Labute approximate surface area is 182 Å². The molecule has 3 N–H and O–H groups in total. The van der Waals surface area contributed by atoms with Gasteiger partial charge in [0, 0.05) is 27.6 Å². The Kier molecular flexibility index (Phi) is 3.77. The van der Waals surface area contributed by atoms with Gasteiger partial charge in [-0.15, -0.1) is 0 Å². The molecule has 7 nitrogen and oxygen atoms in total. The van der Waals surface area contributed by atoms with Crippen molar-refractivity contribution in [2.45, 2.75) is 51.0 Å². The molecule has 2 aromatic heterocycles. The summed E-state index contributed by atoms with van der Waals surface area (Å²) in [5.74, 6) is -0.731. The number of ether oxygens (including phenoxy) is 1. The Morgan fingerprint density at radius 3 is 2.90 bits per heavy atom. The maximum Gasteiger partial charge on any atom is 0.343 e. The molecule has 8 heteroatoms. The number of benzene rings is 1. The van der Waals surface area contributed by atoms with Crippen molar-refractivity contribution >= 4 is 28.5 Å². The fraction of sp³-hybridized carbons (Fsp3) is 0.348. The van der Waals surface area contributed by atoms with Crippen molar-refractivity contribution in [1.29, 1.82) is 0 Å². The smallest absolute Gasteiger partial charge is 0.343 e. The third-order valence-corrected chi connectivity index (χ3v) is 7.19. The normalized spacial score (nSPS) is 23.4. The Balaban J connectivity index is 1.69. The number of esters is 1. The number of nitrogens with zero attached hydrogens (tertiary/aromatic N) is 2. The highest BCUT2D eigenvalue weighted by molar-refractivity contribution is 6.31. The van der Waals surface area contributed by atoms with Gasteiger partial charge in [0.15, 0.2) is 5.60 Å². The predicted molar refractivity (Wildman–Crippen MR) is 115 cm³/mol. The predicted octanol–water partition coefficient (Wildman–Crippen LogP) is 2.68. The number of aryl methyl sites for hydroxylation is 1. The molecule has 4 heterocycles. The fourth-order valence-corrected chi connectivity index (χ4v) is 5.59. The molecular formula is C23H20ClN3O4. The molecule has 0 unspecified atom stereocenters. The van der Waals surface area contributed by atoms with Gasteiger partial charge in [-0.05, 0) is 48.6 Å². The molecule has 2 atom stereocenters. The lowest BCUT2D eigenvalue weighted by Gasteiger charge is -2.31. The first-order valence-electron chi connectivity index (χ1n) is 10.4. The van der Waals surface area contributed by atoms with Gasteiger partial charge in [0.25, 0.3) is 5.56 Å². The first-order chi connectivity index (χ1) is 14.8. The number of fused-ring (bicyclic) bond motifs is 5. The number of hydrogen-bond donors (Lipinski definition) is 2. The number of aromatic nitrogens is 2. The topological polar surface area (TPSA) is 107 Å². The number of carbonyl (C=O) groups is 1. The lowest BCUT2D eigenvalue weighted by molar-refractivity contribution is -0.172. The van der Waals surface area contributed by atoms with Crippen molar-refractivity contribution in [3.05, 3.63) is 61.4 Å². The fourth-order valence-electron chi connectivity index (χ4n) is 5.36. The largest absolute Gasteiger partial charge is 0.458 e. The number of halogens is 1. The Bertz CT molecular complexity index is 1400. The minimum absolute atomic E-state index is 0.106. The SMILES string of the molecule is CC[C@@]1(O)C(=O)OCc2c1cc1n(c2=O)Cc2c-1nc1cc(Cl)cc3c1c2[C@H](N)CC3. The summed E-state index contributed by atoms with van der Waals surface area (Å²) in [4.78, 5) is 30.6. The van der Waals surface area contributed by atoms with E-state index in [0.717, 1.165) is 40.4 Å². The summed E-state index contributed by atoms with van der Waals surface area (Å²) in [5, 5.41) is 12.7. The number of aliphatic hydroxyl groups is 1. The summed E-state index contributed by atoms with van der Waals surface area (Å²) in [5.41, 5.74) is 10.1. The zero-order valence-corrected chi connectivity index (χ0v) is 17.6. The van der Waals surface area contributed by atoms with E-state index in [9.17, 15) is 14.7 Å². The van der Waals surface area contributed by atoms with E-state index < -0.39 is 11.6 Å². The molecule has 2 aliphatic heterocycles. The van der Waals surface area contributed by atoms with E-state index in [2.05, 4.69) is 0 Å². The number of pyridine rings is 2. The van der Waals surface area contributed by atoms with Gasteiger partial charge in [0.05, 0.1) is 29.0 Å². The van der Waals surface area contributed by atoms with Gasteiger partial charge in [0.2, 0.25) is 0 Å². The van der Waals surface area contributed by atoms with Crippen LogP contribution in [0.2, 0.25) is 5.02 Å². The first kappa shape index (κ1) is 19.0. The summed E-state index contributed by atoms with van der Waals surface area (Å²) in [6.45, 7) is 1.89. The van der Waals surface area contributed by atoms with E-state index >= 15 is 0 Å². The Hall–Kier alpha value is -2.74. The molecule has 0 fully saturated rings. The minimum atomic E-state index is -1.84. The van der Waals surface area contributed by atoms with Gasteiger partial charge >= 0.3 is 5.97 Å². The molecule has 0 amide bonds. The van der Waals surface area contributed by atoms with Crippen LogP contribution in [-0.4, -0.2) is 20.6 Å². The van der Waals surface area contributed by atoms with Gasteiger partial charge in [-0.3, -0.25) is 4.79 Å². The van der Waals surface area contributed by atoms with E-state index in [1.54, 1.807) is 17.6 Å². The highest BCUT2D eigenvalue weighted by atomic mass is 35.5. The van der Waals surface area contributed by atoms with E-state index in [1.807, 2.05) is 12.1 Å². The maximum absolute atomic E-state index is 13.4. The zero-order valence-electron chi connectivity index (χ0n) is 16.9. The van der Waals surface area contributed by atoms with Crippen molar-refractivity contribution in [2.24, 2.45) is 5.73 Å². The third kappa shape index (κ3) is 2.34. The molecule has 0 radical (unpaired) electrons. The van der Waals surface area contributed by atoms with Crippen LogP contribution in [0.5, 0.6) is 0 Å². The molecule has 1 aromatic carbocycles. The molecule has 0 saturated heterocycles. The number of cyclic esters (lactones) is 1. The van der Waals surface area contributed by atoms with Gasteiger partial charge in [-0.1, -0.05) is 18.5 Å². The van der Waals surface area contributed by atoms with Gasteiger partial charge in [-0.25, -0.2) is 9.78 Å². The summed E-state index contributed by atoms with van der Waals surface area (Å²) in [6.07, 6.45) is 1.73. The first-order valence-corrected chi connectivity index (χ1v) is 10.8. The second-order valence-corrected chi connectivity index (χ2v) is 9.00. The van der Waals surface area contributed by atoms with Crippen LogP contribution in [-0.2, 0) is 34.7 Å². The third-order valence-electron chi connectivity index (χ3n) is 6.97.